The van der Waals surface area contributed by atoms with Gasteiger partial charge in [-0.2, -0.15) is 0 Å². The molecular weight excluding hydrogens is 360 g/mol. The largest absolute Gasteiger partial charge is 0.492 e. The maximum Gasteiger partial charge on any atom is 0.330 e. The minimum Gasteiger partial charge on any atom is -0.492 e. The zero-order valence-electron chi connectivity index (χ0n) is 15.5. The van der Waals surface area contributed by atoms with E-state index in [1.54, 1.807) is 36.4 Å². The van der Waals surface area contributed by atoms with Gasteiger partial charge >= 0.3 is 5.97 Å². The first-order chi connectivity index (χ1) is 13.5. The number of carboxylic acids is 1. The van der Waals surface area contributed by atoms with Gasteiger partial charge in [-0.15, -0.1) is 0 Å². The normalized spacial score (nSPS) is 11.6. The molecule has 28 heavy (non-hydrogen) atoms. The molecule has 0 radical (unpaired) electrons. The highest BCUT2D eigenvalue weighted by atomic mass is 16.5. The number of nitrogens with zero attached hydrogens (tertiary/aromatic N) is 2. The molecule has 1 heterocycles. The molecule has 144 valence electrons. The lowest BCUT2D eigenvalue weighted by Crippen LogP contribution is -2.21. The van der Waals surface area contributed by atoms with E-state index in [2.05, 4.69) is 20.6 Å². The number of hydrogen-bond donors (Lipinski definition) is 3. The standard InChI is InChI=1S/C20H20N4O4/c1-3-28-17-10-15-14(9-16(17)23-12(2)25)19(22-11-21-15)24-18(20(26)27)13-7-5-4-6-8-13/h4-11,18H,3H2,1-2H3,(H,23,25)(H,26,27)(H,21,22,24)/t18-/m0/s1. The number of fused-ring (bicyclic) bond motifs is 1. The van der Waals surface area contributed by atoms with Crippen molar-refractivity contribution in [2.75, 3.05) is 17.2 Å². The first kappa shape index (κ1) is 19.1. The van der Waals surface area contributed by atoms with E-state index in [1.165, 1.54) is 13.3 Å². The molecule has 1 amide bonds. The topological polar surface area (TPSA) is 113 Å². The quantitative estimate of drug-likeness (QED) is 0.577. The fraction of sp³-hybridized carbons (Fsp3) is 0.200. The zero-order valence-corrected chi connectivity index (χ0v) is 15.5. The van der Waals surface area contributed by atoms with Crippen molar-refractivity contribution in [3.05, 3.63) is 54.4 Å². The van der Waals surface area contributed by atoms with Crippen LogP contribution in [0.2, 0.25) is 0 Å². The Labute approximate surface area is 161 Å². The Bertz CT molecular complexity index is 1010. The molecule has 0 aliphatic heterocycles. The number of rotatable bonds is 7. The first-order valence-electron chi connectivity index (χ1n) is 8.73. The van der Waals surface area contributed by atoms with E-state index in [0.29, 0.717) is 40.3 Å². The molecule has 3 rings (SSSR count). The summed E-state index contributed by atoms with van der Waals surface area (Å²) < 4.78 is 5.58. The Morgan fingerprint density at radius 2 is 1.93 bits per heavy atom. The molecule has 3 aromatic rings. The van der Waals surface area contributed by atoms with Crippen LogP contribution in [0.1, 0.15) is 25.5 Å². The van der Waals surface area contributed by atoms with E-state index in [9.17, 15) is 14.7 Å². The minimum atomic E-state index is -1.04. The predicted molar refractivity (Wildman–Crippen MR) is 105 cm³/mol. The van der Waals surface area contributed by atoms with Crippen molar-refractivity contribution in [3.63, 3.8) is 0 Å². The summed E-state index contributed by atoms with van der Waals surface area (Å²) in [5, 5.41) is 15.9. The maximum absolute atomic E-state index is 11.8. The number of amides is 1. The third-order valence-corrected chi connectivity index (χ3v) is 4.01. The summed E-state index contributed by atoms with van der Waals surface area (Å²) in [5.74, 6) is -0.464. The van der Waals surface area contributed by atoms with Crippen molar-refractivity contribution in [2.24, 2.45) is 0 Å². The maximum atomic E-state index is 11.8. The summed E-state index contributed by atoms with van der Waals surface area (Å²) in [6.07, 6.45) is 1.35. The molecule has 1 atom stereocenters. The van der Waals surface area contributed by atoms with Gasteiger partial charge in [0.2, 0.25) is 5.91 Å². The smallest absolute Gasteiger partial charge is 0.330 e. The summed E-state index contributed by atoms with van der Waals surface area (Å²) in [7, 11) is 0. The van der Waals surface area contributed by atoms with Crippen LogP contribution in [-0.2, 0) is 9.59 Å². The Morgan fingerprint density at radius 1 is 1.18 bits per heavy atom. The average Bonchev–Trinajstić information content (AvgIpc) is 2.67. The first-order valence-corrected chi connectivity index (χ1v) is 8.73. The van der Waals surface area contributed by atoms with Gasteiger partial charge in [-0.1, -0.05) is 30.3 Å². The number of benzene rings is 2. The van der Waals surface area contributed by atoms with Gasteiger partial charge in [0.1, 0.15) is 17.9 Å². The van der Waals surface area contributed by atoms with Crippen molar-refractivity contribution < 1.29 is 19.4 Å². The van der Waals surface area contributed by atoms with E-state index in [4.69, 9.17) is 4.74 Å². The lowest BCUT2D eigenvalue weighted by atomic mass is 10.1. The zero-order chi connectivity index (χ0) is 20.1. The van der Waals surface area contributed by atoms with Crippen molar-refractivity contribution in [2.45, 2.75) is 19.9 Å². The summed E-state index contributed by atoms with van der Waals surface area (Å²) in [4.78, 5) is 31.8. The molecule has 8 heteroatoms. The molecule has 0 bridgehead atoms. The Kier molecular flexibility index (Phi) is 5.69. The third-order valence-electron chi connectivity index (χ3n) is 4.01. The van der Waals surface area contributed by atoms with Crippen molar-refractivity contribution in [3.8, 4) is 5.75 Å². The Hall–Kier alpha value is -3.68. The minimum absolute atomic E-state index is 0.251. The van der Waals surface area contributed by atoms with Crippen LogP contribution in [0.4, 0.5) is 11.5 Å². The molecular formula is C20H20N4O4. The van der Waals surface area contributed by atoms with Crippen LogP contribution in [0.3, 0.4) is 0 Å². The Balaban J connectivity index is 2.07. The second-order valence-electron chi connectivity index (χ2n) is 6.03. The summed E-state index contributed by atoms with van der Waals surface area (Å²) in [6, 6.07) is 11.2. The summed E-state index contributed by atoms with van der Waals surface area (Å²) in [5.41, 5.74) is 1.62. The molecule has 0 saturated heterocycles. The highest BCUT2D eigenvalue weighted by molar-refractivity contribution is 5.99. The molecule has 8 nitrogen and oxygen atoms in total. The average molecular weight is 380 g/mol. The molecule has 0 saturated carbocycles. The van der Waals surface area contributed by atoms with E-state index in [0.717, 1.165) is 0 Å². The number of carbonyl (C=O) groups excluding carboxylic acids is 1. The number of hydrogen-bond acceptors (Lipinski definition) is 6. The second-order valence-corrected chi connectivity index (χ2v) is 6.03. The number of ether oxygens (including phenoxy) is 1. The second kappa shape index (κ2) is 8.34. The van der Waals surface area contributed by atoms with Gasteiger partial charge in [0.25, 0.3) is 0 Å². The van der Waals surface area contributed by atoms with Crippen LogP contribution in [0.25, 0.3) is 10.9 Å². The van der Waals surface area contributed by atoms with Crippen LogP contribution < -0.4 is 15.4 Å². The number of anilines is 2. The van der Waals surface area contributed by atoms with Gasteiger partial charge < -0.3 is 20.5 Å². The molecule has 2 aromatic carbocycles. The van der Waals surface area contributed by atoms with Crippen molar-refractivity contribution >= 4 is 34.3 Å². The lowest BCUT2D eigenvalue weighted by Gasteiger charge is -2.18. The number of nitrogens with one attached hydrogen (secondary N) is 2. The van der Waals surface area contributed by atoms with Gasteiger partial charge in [0, 0.05) is 18.4 Å². The number of aromatic nitrogens is 2. The SMILES string of the molecule is CCOc1cc2ncnc(N[C@H](C(=O)O)c3ccccc3)c2cc1NC(C)=O. The Morgan fingerprint density at radius 3 is 2.57 bits per heavy atom. The molecule has 0 aliphatic carbocycles. The van der Waals surface area contributed by atoms with Gasteiger partial charge in [-0.05, 0) is 18.6 Å². The number of aliphatic carboxylic acids is 1. The molecule has 0 spiro atoms. The van der Waals surface area contributed by atoms with E-state index < -0.39 is 12.0 Å². The lowest BCUT2D eigenvalue weighted by molar-refractivity contribution is -0.138. The monoisotopic (exact) mass is 380 g/mol. The van der Waals surface area contributed by atoms with Crippen LogP contribution in [0.5, 0.6) is 5.75 Å². The van der Waals surface area contributed by atoms with Crippen LogP contribution in [0.15, 0.2) is 48.8 Å². The van der Waals surface area contributed by atoms with E-state index in [1.807, 2.05) is 13.0 Å². The van der Waals surface area contributed by atoms with Crippen LogP contribution in [-0.4, -0.2) is 33.6 Å². The number of carbonyl (C=O) groups is 2. The molecule has 0 unspecified atom stereocenters. The highest BCUT2D eigenvalue weighted by Crippen LogP contribution is 2.33. The fourth-order valence-electron chi connectivity index (χ4n) is 2.83. The van der Waals surface area contributed by atoms with Gasteiger partial charge in [-0.3, -0.25) is 4.79 Å². The van der Waals surface area contributed by atoms with Gasteiger partial charge in [0.05, 0.1) is 17.8 Å². The fourth-order valence-corrected chi connectivity index (χ4v) is 2.83. The number of carboxylic acid groups (broad SMARTS) is 1. The van der Waals surface area contributed by atoms with Gasteiger partial charge in [-0.25, -0.2) is 14.8 Å². The van der Waals surface area contributed by atoms with Crippen molar-refractivity contribution in [1.82, 2.24) is 9.97 Å². The molecule has 0 fully saturated rings. The predicted octanol–water partition coefficient (Wildman–Crippen LogP) is 3.22. The molecule has 3 N–H and O–H groups in total. The third kappa shape index (κ3) is 4.17. The van der Waals surface area contributed by atoms with Crippen LogP contribution in [0, 0.1) is 0 Å². The summed E-state index contributed by atoms with van der Waals surface area (Å²) in [6.45, 7) is 3.66. The summed E-state index contributed by atoms with van der Waals surface area (Å²) >= 11 is 0. The molecule has 1 aromatic heterocycles. The van der Waals surface area contributed by atoms with E-state index in [-0.39, 0.29) is 5.91 Å². The van der Waals surface area contributed by atoms with Gasteiger partial charge in [0.15, 0.2) is 6.04 Å². The van der Waals surface area contributed by atoms with Crippen molar-refractivity contribution in [1.29, 1.82) is 0 Å². The van der Waals surface area contributed by atoms with E-state index >= 15 is 0 Å². The highest BCUT2D eigenvalue weighted by Gasteiger charge is 2.21. The molecule has 0 aliphatic rings. The van der Waals surface area contributed by atoms with Crippen LogP contribution >= 0.6 is 0 Å².